The third kappa shape index (κ3) is 2.72. The molecule has 0 atom stereocenters. The van der Waals surface area contributed by atoms with E-state index < -0.39 is 0 Å². The molecule has 2 aromatic rings. The number of hydrogen-bond acceptors (Lipinski definition) is 4. The van der Waals surface area contributed by atoms with Crippen LogP contribution in [0.2, 0.25) is 0 Å². The highest BCUT2D eigenvalue weighted by Gasteiger charge is 2.06. The van der Waals surface area contributed by atoms with Crippen molar-refractivity contribution in [2.45, 2.75) is 26.6 Å². The van der Waals surface area contributed by atoms with Crippen LogP contribution >= 0.6 is 0 Å². The van der Waals surface area contributed by atoms with Crippen LogP contribution in [0.4, 0.5) is 5.82 Å². The van der Waals surface area contributed by atoms with Crippen molar-refractivity contribution in [3.05, 3.63) is 35.9 Å². The number of benzene rings is 1. The second kappa shape index (κ2) is 5.12. The van der Waals surface area contributed by atoms with Gasteiger partial charge in [-0.15, -0.1) is 0 Å². The molecule has 0 aliphatic heterocycles. The summed E-state index contributed by atoms with van der Waals surface area (Å²) in [5.41, 5.74) is 4.52. The lowest BCUT2D eigenvalue weighted by atomic mass is 10.1. The Morgan fingerprint density at radius 2 is 2.12 bits per heavy atom. The number of rotatable bonds is 4. The molecule has 0 amide bonds. The molecule has 90 valence electrons. The lowest BCUT2D eigenvalue weighted by Gasteiger charge is -2.12. The van der Waals surface area contributed by atoms with Crippen LogP contribution in [0.3, 0.4) is 0 Å². The fourth-order valence-electron chi connectivity index (χ4n) is 1.65. The van der Waals surface area contributed by atoms with Crippen LogP contribution < -0.4 is 11.3 Å². The zero-order valence-electron chi connectivity index (χ0n) is 10.1. The quantitative estimate of drug-likeness (QED) is 0.626. The number of nitrogen functional groups attached to an aromatic ring is 1. The van der Waals surface area contributed by atoms with E-state index in [0.717, 1.165) is 16.5 Å². The molecule has 0 aliphatic rings. The van der Waals surface area contributed by atoms with Crippen LogP contribution in [0.1, 0.15) is 19.4 Å². The Kier molecular flexibility index (Phi) is 3.56. The fourth-order valence-corrected chi connectivity index (χ4v) is 1.65. The summed E-state index contributed by atoms with van der Waals surface area (Å²) in [6.07, 6.45) is 0.187. The maximum Gasteiger partial charge on any atom is 0.146 e. The molecule has 0 unspecified atom stereocenters. The summed E-state index contributed by atoms with van der Waals surface area (Å²) in [5.74, 6) is 6.15. The van der Waals surface area contributed by atoms with Gasteiger partial charge in [0.05, 0.1) is 18.2 Å². The molecule has 0 radical (unpaired) electrons. The summed E-state index contributed by atoms with van der Waals surface area (Å²) >= 11 is 0. The Hall–Kier alpha value is -1.65. The van der Waals surface area contributed by atoms with E-state index in [4.69, 9.17) is 10.6 Å². The topological polar surface area (TPSA) is 60.2 Å². The van der Waals surface area contributed by atoms with E-state index in [1.807, 2.05) is 38.1 Å². The van der Waals surface area contributed by atoms with Gasteiger partial charge in [-0.3, -0.25) is 0 Å². The van der Waals surface area contributed by atoms with Crippen LogP contribution in [-0.2, 0) is 11.3 Å². The van der Waals surface area contributed by atoms with Crippen LogP contribution in [0, 0.1) is 0 Å². The minimum atomic E-state index is 0.187. The Labute approximate surface area is 101 Å². The van der Waals surface area contributed by atoms with Gasteiger partial charge in [0.25, 0.3) is 0 Å². The number of nitrogens with two attached hydrogens (primary N) is 1. The van der Waals surface area contributed by atoms with Crippen molar-refractivity contribution in [1.29, 1.82) is 0 Å². The zero-order chi connectivity index (χ0) is 12.3. The van der Waals surface area contributed by atoms with Crippen LogP contribution in [0.15, 0.2) is 30.3 Å². The monoisotopic (exact) mass is 231 g/mol. The second-order valence-electron chi connectivity index (χ2n) is 4.19. The van der Waals surface area contributed by atoms with Crippen LogP contribution in [0.5, 0.6) is 0 Å². The third-order valence-electron chi connectivity index (χ3n) is 2.51. The van der Waals surface area contributed by atoms with E-state index in [2.05, 4.69) is 16.5 Å². The summed E-state index contributed by atoms with van der Waals surface area (Å²) < 4.78 is 5.58. The first kappa shape index (κ1) is 11.8. The minimum absolute atomic E-state index is 0.187. The van der Waals surface area contributed by atoms with Gasteiger partial charge in [-0.2, -0.15) is 0 Å². The molecule has 0 saturated carbocycles. The standard InChI is InChI=1S/C13H17N3O/c1-9(2)17-8-11-7-10-5-3-4-6-12(10)15-13(11)16-14/h3-7,9H,8,14H2,1-2H3,(H,15,16). The number of nitrogens with one attached hydrogen (secondary N) is 1. The van der Waals surface area contributed by atoms with Crippen LogP contribution in [-0.4, -0.2) is 11.1 Å². The average Bonchev–Trinajstić information content (AvgIpc) is 2.35. The lowest BCUT2D eigenvalue weighted by Crippen LogP contribution is -2.13. The van der Waals surface area contributed by atoms with E-state index in [-0.39, 0.29) is 6.10 Å². The Bertz CT molecular complexity index is 511. The number of pyridine rings is 1. The van der Waals surface area contributed by atoms with Crippen molar-refractivity contribution in [2.75, 3.05) is 5.43 Å². The van der Waals surface area contributed by atoms with Crippen molar-refractivity contribution < 1.29 is 4.74 Å². The fraction of sp³-hybridized carbons (Fsp3) is 0.308. The van der Waals surface area contributed by atoms with Gasteiger partial charge in [-0.05, 0) is 26.0 Å². The van der Waals surface area contributed by atoms with E-state index >= 15 is 0 Å². The van der Waals surface area contributed by atoms with Gasteiger partial charge in [-0.1, -0.05) is 18.2 Å². The molecule has 0 fully saturated rings. The Morgan fingerprint density at radius 3 is 2.82 bits per heavy atom. The third-order valence-corrected chi connectivity index (χ3v) is 2.51. The molecule has 0 saturated heterocycles. The molecule has 1 heterocycles. The van der Waals surface area contributed by atoms with Gasteiger partial charge in [-0.25, -0.2) is 10.8 Å². The minimum Gasteiger partial charge on any atom is -0.374 e. The maximum atomic E-state index is 5.58. The van der Waals surface area contributed by atoms with Crippen LogP contribution in [0.25, 0.3) is 10.9 Å². The number of para-hydroxylation sites is 1. The summed E-state index contributed by atoms with van der Waals surface area (Å²) in [5, 5.41) is 1.09. The summed E-state index contributed by atoms with van der Waals surface area (Å²) in [7, 11) is 0. The number of hydrogen-bond donors (Lipinski definition) is 2. The molecule has 1 aromatic carbocycles. The van der Waals surface area contributed by atoms with E-state index in [0.29, 0.717) is 12.4 Å². The van der Waals surface area contributed by atoms with Gasteiger partial charge in [0, 0.05) is 10.9 Å². The number of nitrogens with zero attached hydrogens (tertiary/aromatic N) is 1. The predicted octanol–water partition coefficient (Wildman–Crippen LogP) is 2.45. The number of anilines is 1. The van der Waals surface area contributed by atoms with Crippen molar-refractivity contribution in [3.63, 3.8) is 0 Å². The van der Waals surface area contributed by atoms with Gasteiger partial charge < -0.3 is 10.2 Å². The highest BCUT2D eigenvalue weighted by molar-refractivity contribution is 5.81. The number of fused-ring (bicyclic) bond motifs is 1. The van der Waals surface area contributed by atoms with Crippen molar-refractivity contribution in [3.8, 4) is 0 Å². The predicted molar refractivity (Wildman–Crippen MR) is 69.5 cm³/mol. The van der Waals surface area contributed by atoms with Gasteiger partial charge in [0.2, 0.25) is 0 Å². The molecule has 3 N–H and O–H groups in total. The van der Waals surface area contributed by atoms with Gasteiger partial charge >= 0.3 is 0 Å². The molecular weight excluding hydrogens is 214 g/mol. The number of ether oxygens (including phenoxy) is 1. The number of aromatic nitrogens is 1. The highest BCUT2D eigenvalue weighted by Crippen LogP contribution is 2.20. The summed E-state index contributed by atoms with van der Waals surface area (Å²) in [4.78, 5) is 4.46. The highest BCUT2D eigenvalue weighted by atomic mass is 16.5. The Balaban J connectivity index is 2.38. The van der Waals surface area contributed by atoms with Crippen molar-refractivity contribution in [1.82, 2.24) is 4.98 Å². The zero-order valence-corrected chi connectivity index (χ0v) is 10.1. The summed E-state index contributed by atoms with van der Waals surface area (Å²) in [6.45, 7) is 4.52. The average molecular weight is 231 g/mol. The maximum absolute atomic E-state index is 5.58. The van der Waals surface area contributed by atoms with Crippen molar-refractivity contribution in [2.24, 2.45) is 5.84 Å². The molecule has 0 aliphatic carbocycles. The molecule has 0 spiro atoms. The van der Waals surface area contributed by atoms with E-state index in [9.17, 15) is 0 Å². The molecular formula is C13H17N3O. The van der Waals surface area contributed by atoms with E-state index in [1.54, 1.807) is 0 Å². The smallest absolute Gasteiger partial charge is 0.146 e. The lowest BCUT2D eigenvalue weighted by molar-refractivity contribution is 0.0659. The normalized spacial score (nSPS) is 11.1. The molecule has 1 aromatic heterocycles. The molecule has 17 heavy (non-hydrogen) atoms. The largest absolute Gasteiger partial charge is 0.374 e. The molecule has 4 nitrogen and oxygen atoms in total. The first-order valence-corrected chi connectivity index (χ1v) is 5.67. The second-order valence-corrected chi connectivity index (χ2v) is 4.19. The summed E-state index contributed by atoms with van der Waals surface area (Å²) in [6, 6.07) is 10.00. The molecule has 2 rings (SSSR count). The first-order valence-electron chi connectivity index (χ1n) is 5.67. The van der Waals surface area contributed by atoms with Crippen molar-refractivity contribution >= 4 is 16.7 Å². The Morgan fingerprint density at radius 1 is 1.35 bits per heavy atom. The van der Waals surface area contributed by atoms with E-state index in [1.165, 1.54) is 0 Å². The SMILES string of the molecule is CC(C)OCc1cc2ccccc2nc1NN. The molecule has 4 heteroatoms. The first-order chi connectivity index (χ1) is 8.20. The molecule has 0 bridgehead atoms. The number of hydrazine groups is 1. The van der Waals surface area contributed by atoms with Gasteiger partial charge in [0.1, 0.15) is 5.82 Å². The van der Waals surface area contributed by atoms with Gasteiger partial charge in [0.15, 0.2) is 0 Å².